The Bertz CT molecular complexity index is 1240. The van der Waals surface area contributed by atoms with Crippen molar-refractivity contribution in [2.75, 3.05) is 53.8 Å². The molecule has 0 unspecified atom stereocenters. The summed E-state index contributed by atoms with van der Waals surface area (Å²) in [6.45, 7) is 6.99. The lowest BCUT2D eigenvalue weighted by Crippen LogP contribution is -2.32. The molecule has 1 N–H and O–H groups in total. The molecular formula is C27H32N6O2. The van der Waals surface area contributed by atoms with Crippen molar-refractivity contribution in [1.29, 1.82) is 0 Å². The van der Waals surface area contributed by atoms with E-state index in [1.165, 1.54) is 18.5 Å². The number of amides is 1. The largest absolute Gasteiger partial charge is 0.492 e. The monoisotopic (exact) mass is 472 g/mol. The Hall–Kier alpha value is -3.81. The minimum atomic E-state index is -0.0863. The van der Waals surface area contributed by atoms with Gasteiger partial charge < -0.3 is 24.8 Å². The quantitative estimate of drug-likeness (QED) is 0.546. The fourth-order valence-corrected chi connectivity index (χ4v) is 4.73. The van der Waals surface area contributed by atoms with E-state index >= 15 is 0 Å². The van der Waals surface area contributed by atoms with Gasteiger partial charge in [-0.05, 0) is 49.9 Å². The van der Waals surface area contributed by atoms with Crippen molar-refractivity contribution in [2.24, 2.45) is 5.92 Å². The van der Waals surface area contributed by atoms with E-state index in [9.17, 15) is 4.79 Å². The molecule has 0 atom stereocenters. The highest BCUT2D eigenvalue weighted by Crippen LogP contribution is 2.39. The predicted molar refractivity (Wildman–Crippen MR) is 141 cm³/mol. The van der Waals surface area contributed by atoms with Crippen molar-refractivity contribution in [2.45, 2.75) is 26.7 Å². The lowest BCUT2D eigenvalue weighted by atomic mass is 9.99. The van der Waals surface area contributed by atoms with Gasteiger partial charge in [-0.3, -0.25) is 4.79 Å². The zero-order valence-electron chi connectivity index (χ0n) is 20.8. The molecule has 1 amide bonds. The van der Waals surface area contributed by atoms with Crippen LogP contribution in [0.15, 0.2) is 48.7 Å². The molecule has 3 aromatic rings. The van der Waals surface area contributed by atoms with Crippen LogP contribution in [0.1, 0.15) is 37.0 Å². The summed E-state index contributed by atoms with van der Waals surface area (Å²) in [6.07, 6.45) is 4.11. The van der Waals surface area contributed by atoms with E-state index in [1.54, 1.807) is 18.1 Å². The first-order valence-corrected chi connectivity index (χ1v) is 12.2. The number of carbonyl (C=O) groups excluding carboxylic acids is 1. The SMILES string of the molecule is CCOc1cc(N2CCC(C)CC2)ccc1Nc1ncc2c(n1)N(C)c1ccccc1C(=O)N2C. The Morgan fingerprint density at radius 1 is 1.06 bits per heavy atom. The predicted octanol–water partition coefficient (Wildman–Crippen LogP) is 5.21. The molecule has 0 spiro atoms. The fourth-order valence-electron chi connectivity index (χ4n) is 4.73. The van der Waals surface area contributed by atoms with Gasteiger partial charge in [-0.2, -0.15) is 4.98 Å². The third-order valence-electron chi connectivity index (χ3n) is 6.89. The number of hydrogen-bond acceptors (Lipinski definition) is 7. The summed E-state index contributed by atoms with van der Waals surface area (Å²) in [5, 5.41) is 3.34. The van der Waals surface area contributed by atoms with E-state index in [2.05, 4.69) is 34.3 Å². The van der Waals surface area contributed by atoms with Crippen LogP contribution in [-0.4, -0.2) is 49.7 Å². The van der Waals surface area contributed by atoms with Gasteiger partial charge >= 0.3 is 0 Å². The average Bonchev–Trinajstić information content (AvgIpc) is 2.95. The zero-order valence-corrected chi connectivity index (χ0v) is 20.8. The Kier molecular flexibility index (Phi) is 6.19. The Morgan fingerprint density at radius 3 is 2.60 bits per heavy atom. The fraction of sp³-hybridized carbons (Fsp3) is 0.370. The summed E-state index contributed by atoms with van der Waals surface area (Å²) in [4.78, 5) is 28.3. The van der Waals surface area contributed by atoms with Crippen molar-refractivity contribution < 1.29 is 9.53 Å². The molecule has 8 heteroatoms. The maximum atomic E-state index is 13.0. The number of carbonyl (C=O) groups is 1. The summed E-state index contributed by atoms with van der Waals surface area (Å²) in [5.74, 6) is 2.56. The molecule has 0 saturated carbocycles. The van der Waals surface area contributed by atoms with Crippen LogP contribution in [0.2, 0.25) is 0 Å². The van der Waals surface area contributed by atoms with Gasteiger partial charge in [0, 0.05) is 38.9 Å². The maximum absolute atomic E-state index is 13.0. The third kappa shape index (κ3) is 4.36. The molecular weight excluding hydrogens is 440 g/mol. The van der Waals surface area contributed by atoms with Crippen molar-refractivity contribution in [3.8, 4) is 5.75 Å². The second-order valence-electron chi connectivity index (χ2n) is 9.25. The lowest BCUT2D eigenvalue weighted by Gasteiger charge is -2.32. The van der Waals surface area contributed by atoms with E-state index in [0.717, 1.165) is 36.1 Å². The molecule has 2 aliphatic rings. The maximum Gasteiger partial charge on any atom is 0.260 e. The van der Waals surface area contributed by atoms with Gasteiger partial charge in [-0.1, -0.05) is 19.1 Å². The number of benzene rings is 2. The number of rotatable bonds is 5. The molecule has 0 radical (unpaired) electrons. The molecule has 182 valence electrons. The van der Waals surface area contributed by atoms with Gasteiger partial charge in [0.25, 0.3) is 5.91 Å². The highest BCUT2D eigenvalue weighted by molar-refractivity contribution is 6.13. The number of piperidine rings is 1. The molecule has 3 heterocycles. The number of hydrogen-bond donors (Lipinski definition) is 1. The summed E-state index contributed by atoms with van der Waals surface area (Å²) >= 11 is 0. The van der Waals surface area contributed by atoms with Gasteiger partial charge in [0.1, 0.15) is 11.4 Å². The molecule has 2 aliphatic heterocycles. The van der Waals surface area contributed by atoms with Crippen LogP contribution >= 0.6 is 0 Å². The Balaban J connectivity index is 1.46. The number of nitrogens with zero attached hydrogens (tertiary/aromatic N) is 5. The molecule has 8 nitrogen and oxygen atoms in total. The molecule has 5 rings (SSSR count). The molecule has 0 bridgehead atoms. The normalized spacial score (nSPS) is 16.0. The second-order valence-corrected chi connectivity index (χ2v) is 9.25. The highest BCUT2D eigenvalue weighted by atomic mass is 16.5. The summed E-state index contributed by atoms with van der Waals surface area (Å²) in [6, 6.07) is 13.8. The molecule has 1 aromatic heterocycles. The van der Waals surface area contributed by atoms with E-state index in [4.69, 9.17) is 9.72 Å². The van der Waals surface area contributed by atoms with Crippen LogP contribution in [0, 0.1) is 5.92 Å². The van der Waals surface area contributed by atoms with E-state index in [0.29, 0.717) is 29.6 Å². The molecule has 2 aromatic carbocycles. The van der Waals surface area contributed by atoms with E-state index in [-0.39, 0.29) is 5.91 Å². The first-order chi connectivity index (χ1) is 17.0. The Morgan fingerprint density at radius 2 is 1.83 bits per heavy atom. The second kappa shape index (κ2) is 9.44. The first-order valence-electron chi connectivity index (χ1n) is 12.2. The van der Waals surface area contributed by atoms with Crippen molar-refractivity contribution in [3.05, 3.63) is 54.2 Å². The number of nitrogens with one attached hydrogen (secondary N) is 1. The van der Waals surface area contributed by atoms with E-state index in [1.807, 2.05) is 49.2 Å². The van der Waals surface area contributed by atoms with E-state index < -0.39 is 0 Å². The molecule has 0 aliphatic carbocycles. The van der Waals surface area contributed by atoms with Crippen LogP contribution in [0.4, 0.5) is 34.5 Å². The number of ether oxygens (including phenoxy) is 1. The van der Waals surface area contributed by atoms with Crippen LogP contribution in [-0.2, 0) is 0 Å². The first kappa shape index (κ1) is 23.0. The number of aromatic nitrogens is 2. The van der Waals surface area contributed by atoms with Crippen LogP contribution in [0.3, 0.4) is 0 Å². The smallest absolute Gasteiger partial charge is 0.260 e. The molecule has 35 heavy (non-hydrogen) atoms. The third-order valence-corrected chi connectivity index (χ3v) is 6.89. The van der Waals surface area contributed by atoms with Gasteiger partial charge in [0.2, 0.25) is 5.95 Å². The summed E-state index contributed by atoms with van der Waals surface area (Å²) < 4.78 is 5.99. The lowest BCUT2D eigenvalue weighted by molar-refractivity contribution is 0.0994. The standard InChI is InChI=1S/C27H32N6O2/c1-5-35-24-16-19(33-14-12-18(2)13-15-33)10-11-21(24)29-27-28-17-23-25(30-27)31(3)22-9-7-6-8-20(22)26(34)32(23)4/h6-11,16-18H,5,12-15H2,1-4H3,(H,28,29,30). The van der Waals surface area contributed by atoms with Crippen LogP contribution < -0.4 is 24.8 Å². The topological polar surface area (TPSA) is 73.8 Å². The van der Waals surface area contributed by atoms with Gasteiger partial charge in [-0.15, -0.1) is 0 Å². The number of anilines is 6. The van der Waals surface area contributed by atoms with Crippen molar-refractivity contribution in [1.82, 2.24) is 9.97 Å². The van der Waals surface area contributed by atoms with Gasteiger partial charge in [0.15, 0.2) is 5.82 Å². The zero-order chi connectivity index (χ0) is 24.5. The summed E-state index contributed by atoms with van der Waals surface area (Å²) in [7, 11) is 3.67. The molecule has 1 fully saturated rings. The number of para-hydroxylation sites is 1. The average molecular weight is 473 g/mol. The van der Waals surface area contributed by atoms with Gasteiger partial charge in [-0.25, -0.2) is 4.98 Å². The van der Waals surface area contributed by atoms with Crippen molar-refractivity contribution >= 4 is 40.4 Å². The van der Waals surface area contributed by atoms with Crippen LogP contribution in [0.25, 0.3) is 0 Å². The summed E-state index contributed by atoms with van der Waals surface area (Å²) in [5.41, 5.74) is 4.07. The van der Waals surface area contributed by atoms with Crippen LogP contribution in [0.5, 0.6) is 5.75 Å². The minimum absolute atomic E-state index is 0.0863. The minimum Gasteiger partial charge on any atom is -0.492 e. The van der Waals surface area contributed by atoms with Crippen molar-refractivity contribution in [3.63, 3.8) is 0 Å². The molecule has 1 saturated heterocycles. The van der Waals surface area contributed by atoms with Gasteiger partial charge in [0.05, 0.1) is 29.7 Å². The number of fused-ring (bicyclic) bond motifs is 2. The highest BCUT2D eigenvalue weighted by Gasteiger charge is 2.29. The Labute approximate surface area is 206 Å².